The lowest BCUT2D eigenvalue weighted by atomic mass is 10.1. The van der Waals surface area contributed by atoms with Crippen molar-refractivity contribution < 1.29 is 19.2 Å². The van der Waals surface area contributed by atoms with Gasteiger partial charge in [-0.1, -0.05) is 13.8 Å². The van der Waals surface area contributed by atoms with Crippen LogP contribution >= 0.6 is 0 Å². The van der Waals surface area contributed by atoms with Crippen molar-refractivity contribution in [3.63, 3.8) is 0 Å². The van der Waals surface area contributed by atoms with Crippen LogP contribution in [0, 0.1) is 6.92 Å². The van der Waals surface area contributed by atoms with Gasteiger partial charge in [0, 0.05) is 17.5 Å². The fourth-order valence-corrected chi connectivity index (χ4v) is 3.02. The second kappa shape index (κ2) is 8.85. The molecule has 1 aromatic heterocycles. The van der Waals surface area contributed by atoms with Crippen molar-refractivity contribution in [2.24, 2.45) is 0 Å². The van der Waals surface area contributed by atoms with Crippen LogP contribution in [0.1, 0.15) is 32.3 Å². The summed E-state index contributed by atoms with van der Waals surface area (Å²) in [4.78, 5) is 12.9. The maximum Gasteiger partial charge on any atom is 0.336 e. The maximum absolute atomic E-state index is 11.5. The average molecular weight is 334 g/mol. The number of benzene rings is 1. The molecular formula is C19H28NO4+. The van der Waals surface area contributed by atoms with E-state index in [-0.39, 0.29) is 12.2 Å². The zero-order chi connectivity index (χ0) is 17.5. The van der Waals surface area contributed by atoms with Gasteiger partial charge in [0.2, 0.25) is 0 Å². The quantitative estimate of drug-likeness (QED) is 0.683. The predicted molar refractivity (Wildman–Crippen MR) is 94.9 cm³/mol. The molecule has 0 aliphatic rings. The van der Waals surface area contributed by atoms with Crippen molar-refractivity contribution in [2.75, 3.05) is 26.2 Å². The van der Waals surface area contributed by atoms with E-state index >= 15 is 0 Å². The second-order valence-corrected chi connectivity index (χ2v) is 6.33. The first-order chi connectivity index (χ1) is 11.5. The molecule has 2 aromatic rings. The van der Waals surface area contributed by atoms with Crippen LogP contribution in [0.25, 0.3) is 11.0 Å². The van der Waals surface area contributed by atoms with Crippen LogP contribution in [0.5, 0.6) is 5.75 Å². The molecule has 5 nitrogen and oxygen atoms in total. The molecule has 0 saturated carbocycles. The average Bonchev–Trinajstić information content (AvgIpc) is 2.53. The van der Waals surface area contributed by atoms with Gasteiger partial charge in [-0.2, -0.15) is 0 Å². The van der Waals surface area contributed by atoms with Crippen LogP contribution in [0.2, 0.25) is 0 Å². The zero-order valence-electron chi connectivity index (χ0n) is 14.8. The Balaban J connectivity index is 1.98. The first-order valence-electron chi connectivity index (χ1n) is 8.72. The first-order valence-corrected chi connectivity index (χ1v) is 8.72. The molecule has 2 rings (SSSR count). The number of fused-ring (bicyclic) bond motifs is 1. The molecule has 5 heteroatoms. The summed E-state index contributed by atoms with van der Waals surface area (Å²) in [6.07, 6.45) is 1.69. The Hall–Kier alpha value is -1.85. The molecule has 0 spiro atoms. The molecule has 0 bridgehead atoms. The topological polar surface area (TPSA) is 64.1 Å². The molecule has 1 unspecified atom stereocenters. The summed E-state index contributed by atoms with van der Waals surface area (Å²) < 4.78 is 10.9. The van der Waals surface area contributed by atoms with E-state index in [4.69, 9.17) is 9.15 Å². The fourth-order valence-electron chi connectivity index (χ4n) is 3.02. The Labute approximate surface area is 142 Å². The molecule has 0 radical (unpaired) electrons. The van der Waals surface area contributed by atoms with Crippen molar-refractivity contribution in [3.05, 3.63) is 40.2 Å². The molecule has 132 valence electrons. The third-order valence-electron chi connectivity index (χ3n) is 4.10. The third kappa shape index (κ3) is 5.08. The number of nitrogens with one attached hydrogen (secondary N) is 1. The normalized spacial score (nSPS) is 12.7. The van der Waals surface area contributed by atoms with Crippen molar-refractivity contribution in [1.82, 2.24) is 0 Å². The Morgan fingerprint density at radius 1 is 1.21 bits per heavy atom. The van der Waals surface area contributed by atoms with Crippen molar-refractivity contribution in [1.29, 1.82) is 0 Å². The largest absolute Gasteiger partial charge is 0.491 e. The predicted octanol–water partition coefficient (Wildman–Crippen LogP) is 1.55. The SMILES string of the molecule is CCC[NH+](CCC)CC(O)COc1ccc2c(C)cc(=O)oc2c1. The van der Waals surface area contributed by atoms with Crippen LogP contribution in [0.3, 0.4) is 0 Å². The van der Waals surface area contributed by atoms with Gasteiger partial charge in [0.15, 0.2) is 0 Å². The van der Waals surface area contributed by atoms with Gasteiger partial charge in [-0.25, -0.2) is 4.79 Å². The highest BCUT2D eigenvalue weighted by Gasteiger charge is 2.14. The summed E-state index contributed by atoms with van der Waals surface area (Å²) in [5.74, 6) is 0.600. The lowest BCUT2D eigenvalue weighted by molar-refractivity contribution is -0.903. The Morgan fingerprint density at radius 2 is 1.92 bits per heavy atom. The van der Waals surface area contributed by atoms with Gasteiger partial charge in [0.05, 0.1) is 13.1 Å². The van der Waals surface area contributed by atoms with Crippen molar-refractivity contribution in [3.8, 4) is 5.75 Å². The second-order valence-electron chi connectivity index (χ2n) is 6.33. The Morgan fingerprint density at radius 3 is 2.58 bits per heavy atom. The standard InChI is InChI=1S/C19H27NO4/c1-4-8-20(9-5-2)12-15(21)13-23-16-6-7-17-14(3)10-19(22)24-18(17)11-16/h6-7,10-11,15,21H,4-5,8-9,12-13H2,1-3H3/p+1. The monoisotopic (exact) mass is 334 g/mol. The number of aliphatic hydroxyl groups is 1. The number of ether oxygens (including phenoxy) is 1. The van der Waals surface area contributed by atoms with Gasteiger partial charge in [-0.15, -0.1) is 0 Å². The molecule has 0 aliphatic heterocycles. The summed E-state index contributed by atoms with van der Waals surface area (Å²) in [6, 6.07) is 6.90. The van der Waals surface area contributed by atoms with Gasteiger partial charge in [0.25, 0.3) is 0 Å². The molecule has 1 aromatic carbocycles. The molecule has 0 saturated heterocycles. The summed E-state index contributed by atoms with van der Waals surface area (Å²) in [5, 5.41) is 11.1. The molecule has 1 heterocycles. The van der Waals surface area contributed by atoms with Gasteiger partial charge >= 0.3 is 5.63 Å². The number of hydrogen-bond acceptors (Lipinski definition) is 4. The van der Waals surface area contributed by atoms with Gasteiger partial charge in [0.1, 0.15) is 30.6 Å². The highest BCUT2D eigenvalue weighted by Crippen LogP contribution is 2.22. The Kier molecular flexibility index (Phi) is 6.82. The van der Waals surface area contributed by atoms with Crippen molar-refractivity contribution in [2.45, 2.75) is 39.7 Å². The third-order valence-corrected chi connectivity index (χ3v) is 4.10. The lowest BCUT2D eigenvalue weighted by Crippen LogP contribution is -3.13. The first kappa shape index (κ1) is 18.5. The molecule has 1 atom stereocenters. The molecule has 0 aliphatic carbocycles. The van der Waals surface area contributed by atoms with E-state index < -0.39 is 6.10 Å². The molecular weight excluding hydrogens is 306 g/mol. The number of aliphatic hydroxyl groups excluding tert-OH is 1. The van der Waals surface area contributed by atoms with E-state index in [1.54, 1.807) is 6.07 Å². The lowest BCUT2D eigenvalue weighted by Gasteiger charge is -2.21. The fraction of sp³-hybridized carbons (Fsp3) is 0.526. The molecule has 0 fully saturated rings. The van der Waals surface area contributed by atoms with E-state index in [9.17, 15) is 9.90 Å². The number of aryl methyl sites for hydroxylation is 1. The molecule has 2 N–H and O–H groups in total. The van der Waals surface area contributed by atoms with E-state index in [0.717, 1.165) is 36.9 Å². The summed E-state index contributed by atoms with van der Waals surface area (Å²) in [7, 11) is 0. The van der Waals surface area contributed by atoms with Crippen LogP contribution in [0.4, 0.5) is 0 Å². The number of hydrogen-bond donors (Lipinski definition) is 2. The minimum Gasteiger partial charge on any atom is -0.491 e. The summed E-state index contributed by atoms with van der Waals surface area (Å²) in [6.45, 7) is 9.23. The molecule has 24 heavy (non-hydrogen) atoms. The van der Waals surface area contributed by atoms with Crippen molar-refractivity contribution >= 4 is 11.0 Å². The summed E-state index contributed by atoms with van der Waals surface area (Å²) >= 11 is 0. The van der Waals surface area contributed by atoms with E-state index in [1.165, 1.54) is 11.0 Å². The maximum atomic E-state index is 11.5. The number of rotatable bonds is 9. The van der Waals surface area contributed by atoms with Crippen LogP contribution in [-0.4, -0.2) is 37.5 Å². The minimum absolute atomic E-state index is 0.235. The minimum atomic E-state index is -0.515. The van der Waals surface area contributed by atoms with Crippen LogP contribution in [-0.2, 0) is 0 Å². The van der Waals surface area contributed by atoms with Crippen LogP contribution in [0.15, 0.2) is 33.5 Å². The van der Waals surface area contributed by atoms with E-state index in [0.29, 0.717) is 17.9 Å². The van der Waals surface area contributed by atoms with Gasteiger partial charge in [-0.3, -0.25) is 0 Å². The van der Waals surface area contributed by atoms with Gasteiger partial charge in [-0.05, 0) is 37.5 Å². The zero-order valence-corrected chi connectivity index (χ0v) is 14.8. The van der Waals surface area contributed by atoms with Gasteiger partial charge < -0.3 is 19.2 Å². The highest BCUT2D eigenvalue weighted by atomic mass is 16.5. The number of quaternary nitrogens is 1. The molecule has 0 amide bonds. The van der Waals surface area contributed by atoms with E-state index in [1.807, 2.05) is 19.1 Å². The van der Waals surface area contributed by atoms with Crippen LogP contribution < -0.4 is 15.3 Å². The Bertz CT molecular complexity index is 704. The highest BCUT2D eigenvalue weighted by molar-refractivity contribution is 5.81. The van der Waals surface area contributed by atoms with E-state index in [2.05, 4.69) is 13.8 Å². The smallest absolute Gasteiger partial charge is 0.336 e. The summed E-state index contributed by atoms with van der Waals surface area (Å²) in [5.41, 5.74) is 1.03.